The molecule has 2 nitrogen and oxygen atoms in total. The van der Waals surface area contributed by atoms with E-state index in [2.05, 4.69) is 0 Å². The highest BCUT2D eigenvalue weighted by molar-refractivity contribution is 5.27. The second-order valence-corrected chi connectivity index (χ2v) is 3.96. The molecule has 16 heavy (non-hydrogen) atoms. The molecule has 5 heteroatoms. The van der Waals surface area contributed by atoms with Gasteiger partial charge in [-0.1, -0.05) is 12.1 Å². The second kappa shape index (κ2) is 4.33. The van der Waals surface area contributed by atoms with Gasteiger partial charge >= 0.3 is 6.18 Å². The molecule has 1 aromatic carbocycles. The van der Waals surface area contributed by atoms with Crippen molar-refractivity contribution in [2.75, 3.05) is 0 Å². The van der Waals surface area contributed by atoms with Crippen molar-refractivity contribution >= 4 is 0 Å². The lowest BCUT2D eigenvalue weighted by molar-refractivity contribution is -0.234. The maximum atomic E-state index is 12.5. The zero-order valence-corrected chi connectivity index (χ0v) is 9.14. The van der Waals surface area contributed by atoms with E-state index >= 15 is 0 Å². The fourth-order valence-corrected chi connectivity index (χ4v) is 1.05. The van der Waals surface area contributed by atoms with Crippen LogP contribution in [0.5, 0.6) is 5.75 Å². The van der Waals surface area contributed by atoms with Gasteiger partial charge in [0.2, 0.25) is 0 Å². The van der Waals surface area contributed by atoms with Crippen LogP contribution in [0.15, 0.2) is 24.3 Å². The number of alkyl halides is 3. The van der Waals surface area contributed by atoms with Crippen molar-refractivity contribution in [2.24, 2.45) is 5.73 Å². The first-order chi connectivity index (χ1) is 7.26. The molecule has 0 saturated carbocycles. The highest BCUT2D eigenvalue weighted by Crippen LogP contribution is 2.34. The van der Waals surface area contributed by atoms with Crippen LogP contribution in [0.25, 0.3) is 0 Å². The number of halogens is 3. The average Bonchev–Trinajstić information content (AvgIpc) is 2.16. The van der Waals surface area contributed by atoms with Gasteiger partial charge in [-0.05, 0) is 31.5 Å². The van der Waals surface area contributed by atoms with Crippen LogP contribution in [0, 0.1) is 0 Å². The summed E-state index contributed by atoms with van der Waals surface area (Å²) < 4.78 is 42.5. The minimum Gasteiger partial charge on any atom is -0.478 e. The van der Waals surface area contributed by atoms with Crippen LogP contribution in [0.3, 0.4) is 0 Å². The van der Waals surface area contributed by atoms with Gasteiger partial charge in [0.15, 0.2) is 5.60 Å². The van der Waals surface area contributed by atoms with Crippen molar-refractivity contribution in [3.63, 3.8) is 0 Å². The molecule has 0 aromatic heterocycles. The summed E-state index contributed by atoms with van der Waals surface area (Å²) in [6.07, 6.45) is -4.40. The van der Waals surface area contributed by atoms with Crippen molar-refractivity contribution in [3.8, 4) is 5.75 Å². The average molecular weight is 233 g/mol. The van der Waals surface area contributed by atoms with E-state index in [4.69, 9.17) is 10.5 Å². The fraction of sp³-hybridized carbons (Fsp3) is 0.455. The molecule has 0 fully saturated rings. The van der Waals surface area contributed by atoms with Gasteiger partial charge in [0.25, 0.3) is 0 Å². The molecule has 0 saturated heterocycles. The van der Waals surface area contributed by atoms with Gasteiger partial charge in [0.1, 0.15) is 5.75 Å². The van der Waals surface area contributed by atoms with Crippen LogP contribution in [-0.2, 0) is 6.54 Å². The van der Waals surface area contributed by atoms with Crippen LogP contribution < -0.4 is 10.5 Å². The molecular formula is C11H14F3NO. The Hall–Kier alpha value is -1.23. The number of rotatable bonds is 3. The first kappa shape index (κ1) is 12.8. The third kappa shape index (κ3) is 2.88. The number of hydrogen-bond acceptors (Lipinski definition) is 2. The van der Waals surface area contributed by atoms with E-state index in [0.29, 0.717) is 6.54 Å². The zero-order chi connectivity index (χ0) is 12.4. The van der Waals surface area contributed by atoms with Crippen molar-refractivity contribution in [1.82, 2.24) is 0 Å². The molecule has 0 aliphatic rings. The van der Waals surface area contributed by atoms with E-state index in [-0.39, 0.29) is 5.75 Å². The van der Waals surface area contributed by atoms with E-state index in [1.54, 1.807) is 12.1 Å². The van der Waals surface area contributed by atoms with Gasteiger partial charge in [-0.2, -0.15) is 13.2 Å². The number of ether oxygens (including phenoxy) is 1. The SMILES string of the molecule is CC(C)(Oc1ccc(CN)cc1)C(F)(F)F. The van der Waals surface area contributed by atoms with Gasteiger partial charge in [0, 0.05) is 6.54 Å². The number of nitrogens with two attached hydrogens (primary N) is 1. The Morgan fingerprint density at radius 2 is 1.62 bits per heavy atom. The molecule has 0 atom stereocenters. The lowest BCUT2D eigenvalue weighted by atomic mass is 10.1. The van der Waals surface area contributed by atoms with Crippen LogP contribution >= 0.6 is 0 Å². The molecule has 90 valence electrons. The van der Waals surface area contributed by atoms with Crippen LogP contribution in [-0.4, -0.2) is 11.8 Å². The highest BCUT2D eigenvalue weighted by atomic mass is 19.4. The van der Waals surface area contributed by atoms with E-state index < -0.39 is 11.8 Å². The monoisotopic (exact) mass is 233 g/mol. The molecule has 0 heterocycles. The number of hydrogen-bond donors (Lipinski definition) is 1. The second-order valence-electron chi connectivity index (χ2n) is 3.96. The van der Waals surface area contributed by atoms with Gasteiger partial charge in [-0.15, -0.1) is 0 Å². The molecule has 0 bridgehead atoms. The summed E-state index contributed by atoms with van der Waals surface area (Å²) in [5.41, 5.74) is 4.02. The Bertz CT molecular complexity index is 343. The Morgan fingerprint density at radius 3 is 2.00 bits per heavy atom. The van der Waals surface area contributed by atoms with Crippen molar-refractivity contribution in [1.29, 1.82) is 0 Å². The fourth-order valence-electron chi connectivity index (χ4n) is 1.05. The standard InChI is InChI=1S/C11H14F3NO/c1-10(2,11(12,13)14)16-9-5-3-8(7-15)4-6-9/h3-6H,7,15H2,1-2H3. The Kier molecular flexibility index (Phi) is 3.48. The first-order valence-electron chi connectivity index (χ1n) is 4.81. The Morgan fingerprint density at radius 1 is 1.12 bits per heavy atom. The van der Waals surface area contributed by atoms with Gasteiger partial charge in [0.05, 0.1) is 0 Å². The molecule has 0 aliphatic carbocycles. The van der Waals surface area contributed by atoms with E-state index in [1.807, 2.05) is 0 Å². The smallest absolute Gasteiger partial charge is 0.427 e. The summed E-state index contributed by atoms with van der Waals surface area (Å²) in [6.45, 7) is 2.33. The molecule has 0 radical (unpaired) electrons. The summed E-state index contributed by atoms with van der Waals surface area (Å²) in [5, 5.41) is 0. The quantitative estimate of drug-likeness (QED) is 0.871. The molecular weight excluding hydrogens is 219 g/mol. The normalized spacial score (nSPS) is 12.6. The Labute approximate surface area is 92.2 Å². The molecule has 2 N–H and O–H groups in total. The highest BCUT2D eigenvalue weighted by Gasteiger charge is 2.49. The molecule has 0 amide bonds. The molecule has 0 spiro atoms. The van der Waals surface area contributed by atoms with Crippen LogP contribution in [0.4, 0.5) is 13.2 Å². The van der Waals surface area contributed by atoms with Crippen molar-refractivity contribution < 1.29 is 17.9 Å². The van der Waals surface area contributed by atoms with E-state index in [1.165, 1.54) is 12.1 Å². The van der Waals surface area contributed by atoms with Crippen molar-refractivity contribution in [3.05, 3.63) is 29.8 Å². The summed E-state index contributed by atoms with van der Waals surface area (Å²) in [6, 6.07) is 6.24. The number of benzene rings is 1. The predicted molar refractivity (Wildman–Crippen MR) is 55.1 cm³/mol. The first-order valence-corrected chi connectivity index (χ1v) is 4.81. The van der Waals surface area contributed by atoms with Crippen LogP contribution in [0.1, 0.15) is 19.4 Å². The van der Waals surface area contributed by atoms with Gasteiger partial charge in [-0.3, -0.25) is 0 Å². The minimum absolute atomic E-state index is 0.180. The Balaban J connectivity index is 2.80. The summed E-state index contributed by atoms with van der Waals surface area (Å²) in [4.78, 5) is 0. The largest absolute Gasteiger partial charge is 0.478 e. The lowest BCUT2D eigenvalue weighted by Crippen LogP contribution is -2.44. The maximum Gasteiger partial charge on any atom is 0.427 e. The summed E-state index contributed by atoms with van der Waals surface area (Å²) >= 11 is 0. The van der Waals surface area contributed by atoms with E-state index in [9.17, 15) is 13.2 Å². The van der Waals surface area contributed by atoms with Crippen molar-refractivity contribution in [2.45, 2.75) is 32.2 Å². The molecule has 0 aliphatic heterocycles. The van der Waals surface area contributed by atoms with Gasteiger partial charge in [-0.25, -0.2) is 0 Å². The third-order valence-corrected chi connectivity index (χ3v) is 2.21. The maximum absolute atomic E-state index is 12.5. The van der Waals surface area contributed by atoms with E-state index in [0.717, 1.165) is 19.4 Å². The van der Waals surface area contributed by atoms with Crippen LogP contribution in [0.2, 0.25) is 0 Å². The predicted octanol–water partition coefficient (Wildman–Crippen LogP) is 2.87. The topological polar surface area (TPSA) is 35.2 Å². The lowest BCUT2D eigenvalue weighted by Gasteiger charge is -2.28. The summed E-state index contributed by atoms with van der Waals surface area (Å²) in [7, 11) is 0. The molecule has 0 unspecified atom stereocenters. The molecule has 1 aromatic rings. The third-order valence-electron chi connectivity index (χ3n) is 2.21. The van der Waals surface area contributed by atoms with Gasteiger partial charge < -0.3 is 10.5 Å². The molecule has 1 rings (SSSR count). The zero-order valence-electron chi connectivity index (χ0n) is 9.14. The summed E-state index contributed by atoms with van der Waals surface area (Å²) in [5.74, 6) is 0.180. The minimum atomic E-state index is -4.40.